The number of hydrogen-bond acceptors (Lipinski definition) is 4. The van der Waals surface area contributed by atoms with E-state index in [1.165, 1.54) is 32.1 Å². The maximum atomic E-state index is 11.4. The van der Waals surface area contributed by atoms with Crippen LogP contribution in [0.15, 0.2) is 5.16 Å². The van der Waals surface area contributed by atoms with Crippen LogP contribution in [0.4, 0.5) is 0 Å². The molecule has 0 atom stereocenters. The summed E-state index contributed by atoms with van der Waals surface area (Å²) >= 11 is 0. The van der Waals surface area contributed by atoms with Crippen LogP contribution in [-0.4, -0.2) is 23.2 Å². The SMILES string of the molecule is CCn1c(CCC2CCCCC2)nnc1S(N)(=O)=O. The molecule has 0 radical (unpaired) electrons. The van der Waals surface area contributed by atoms with Gasteiger partial charge < -0.3 is 4.57 Å². The van der Waals surface area contributed by atoms with Crippen molar-refractivity contribution in [2.45, 2.75) is 63.6 Å². The molecule has 0 unspecified atom stereocenters. The van der Waals surface area contributed by atoms with Crippen molar-refractivity contribution in [2.24, 2.45) is 11.1 Å². The van der Waals surface area contributed by atoms with Gasteiger partial charge in [-0.15, -0.1) is 10.2 Å². The Balaban J connectivity index is 2.06. The van der Waals surface area contributed by atoms with Gasteiger partial charge >= 0.3 is 0 Å². The van der Waals surface area contributed by atoms with E-state index >= 15 is 0 Å². The van der Waals surface area contributed by atoms with E-state index in [9.17, 15) is 8.42 Å². The van der Waals surface area contributed by atoms with E-state index in [1.54, 1.807) is 4.57 Å². The Morgan fingerprint density at radius 2 is 1.95 bits per heavy atom. The van der Waals surface area contributed by atoms with Crippen molar-refractivity contribution in [1.82, 2.24) is 14.8 Å². The third kappa shape index (κ3) is 3.54. The summed E-state index contributed by atoms with van der Waals surface area (Å²) in [5.41, 5.74) is 0. The van der Waals surface area contributed by atoms with Gasteiger partial charge in [0.2, 0.25) is 0 Å². The van der Waals surface area contributed by atoms with Crippen LogP contribution < -0.4 is 5.14 Å². The number of aryl methyl sites for hydroxylation is 1. The van der Waals surface area contributed by atoms with Crippen LogP contribution in [0.1, 0.15) is 51.3 Å². The Labute approximate surface area is 114 Å². The minimum absolute atomic E-state index is 0.117. The molecule has 1 saturated carbocycles. The topological polar surface area (TPSA) is 90.9 Å². The molecule has 1 aliphatic carbocycles. The van der Waals surface area contributed by atoms with Gasteiger partial charge in [-0.05, 0) is 19.3 Å². The van der Waals surface area contributed by atoms with E-state index in [0.717, 1.165) is 24.6 Å². The van der Waals surface area contributed by atoms with Gasteiger partial charge in [0.25, 0.3) is 15.2 Å². The lowest BCUT2D eigenvalue weighted by atomic mass is 9.86. The van der Waals surface area contributed by atoms with Crippen molar-refractivity contribution in [2.75, 3.05) is 0 Å². The summed E-state index contributed by atoms with van der Waals surface area (Å²) in [5.74, 6) is 1.48. The molecular weight excluding hydrogens is 264 g/mol. The maximum absolute atomic E-state index is 11.4. The molecule has 19 heavy (non-hydrogen) atoms. The van der Waals surface area contributed by atoms with Gasteiger partial charge in [0.05, 0.1) is 0 Å². The number of nitrogens with two attached hydrogens (primary N) is 1. The highest BCUT2D eigenvalue weighted by atomic mass is 32.2. The van der Waals surface area contributed by atoms with E-state index < -0.39 is 10.0 Å². The van der Waals surface area contributed by atoms with Crippen molar-refractivity contribution < 1.29 is 8.42 Å². The van der Waals surface area contributed by atoms with Crippen molar-refractivity contribution in [3.63, 3.8) is 0 Å². The lowest BCUT2D eigenvalue weighted by molar-refractivity contribution is 0.335. The highest BCUT2D eigenvalue weighted by Crippen LogP contribution is 2.27. The van der Waals surface area contributed by atoms with Crippen LogP contribution in [0.2, 0.25) is 0 Å². The molecule has 0 aromatic carbocycles. The molecule has 2 N–H and O–H groups in total. The van der Waals surface area contributed by atoms with E-state index in [1.807, 2.05) is 6.92 Å². The molecule has 1 heterocycles. The summed E-state index contributed by atoms with van der Waals surface area (Å²) in [7, 11) is -3.78. The molecule has 1 fully saturated rings. The van der Waals surface area contributed by atoms with Crippen molar-refractivity contribution in [1.29, 1.82) is 0 Å². The largest absolute Gasteiger partial charge is 0.301 e. The molecule has 1 aromatic heterocycles. The van der Waals surface area contributed by atoms with Crippen molar-refractivity contribution in [3.05, 3.63) is 5.82 Å². The van der Waals surface area contributed by atoms with E-state index in [2.05, 4.69) is 10.2 Å². The summed E-state index contributed by atoms with van der Waals surface area (Å²) < 4.78 is 24.4. The average molecular weight is 286 g/mol. The van der Waals surface area contributed by atoms with Gasteiger partial charge in [-0.3, -0.25) is 0 Å². The number of nitrogens with zero attached hydrogens (tertiary/aromatic N) is 3. The first kappa shape index (κ1) is 14.5. The fraction of sp³-hybridized carbons (Fsp3) is 0.833. The summed E-state index contributed by atoms with van der Waals surface area (Å²) in [5, 5.41) is 12.7. The highest BCUT2D eigenvalue weighted by molar-refractivity contribution is 7.89. The number of rotatable bonds is 5. The zero-order valence-corrected chi connectivity index (χ0v) is 12.2. The van der Waals surface area contributed by atoms with E-state index in [4.69, 9.17) is 5.14 Å². The van der Waals surface area contributed by atoms with Gasteiger partial charge in [-0.25, -0.2) is 13.6 Å². The van der Waals surface area contributed by atoms with Crippen LogP contribution >= 0.6 is 0 Å². The minimum Gasteiger partial charge on any atom is -0.301 e. The highest BCUT2D eigenvalue weighted by Gasteiger charge is 2.21. The van der Waals surface area contributed by atoms with Gasteiger partial charge in [0, 0.05) is 13.0 Å². The lowest BCUT2D eigenvalue weighted by Gasteiger charge is -2.21. The third-order valence-electron chi connectivity index (χ3n) is 3.87. The first-order valence-electron chi connectivity index (χ1n) is 6.97. The standard InChI is InChI=1S/C12H22N4O2S/c1-2-16-11(14-15-12(16)19(13,17)18)9-8-10-6-4-3-5-7-10/h10H,2-9H2,1H3,(H2,13,17,18). The number of hydrogen-bond donors (Lipinski definition) is 1. The Bertz CT molecular complexity index is 518. The maximum Gasteiger partial charge on any atom is 0.273 e. The zero-order valence-electron chi connectivity index (χ0n) is 11.4. The van der Waals surface area contributed by atoms with Gasteiger partial charge in [0.1, 0.15) is 5.82 Å². The summed E-state index contributed by atoms with van der Waals surface area (Å²) in [6, 6.07) is 0. The Morgan fingerprint density at radius 1 is 1.26 bits per heavy atom. The average Bonchev–Trinajstić information content (AvgIpc) is 2.80. The molecule has 1 aliphatic rings. The lowest BCUT2D eigenvalue weighted by Crippen LogP contribution is -2.19. The summed E-state index contributed by atoms with van der Waals surface area (Å²) in [4.78, 5) is 0. The van der Waals surface area contributed by atoms with Gasteiger partial charge in [0.15, 0.2) is 0 Å². The van der Waals surface area contributed by atoms with E-state index in [0.29, 0.717) is 6.54 Å². The van der Waals surface area contributed by atoms with Crippen LogP contribution in [0.5, 0.6) is 0 Å². The Hall–Kier alpha value is -0.950. The molecule has 2 rings (SSSR count). The van der Waals surface area contributed by atoms with Gasteiger partial charge in [-0.2, -0.15) is 0 Å². The molecule has 1 aromatic rings. The molecule has 0 bridgehead atoms. The fourth-order valence-corrected chi connectivity index (χ4v) is 3.54. The second-order valence-electron chi connectivity index (χ2n) is 5.23. The zero-order chi connectivity index (χ0) is 13.9. The predicted molar refractivity (Wildman–Crippen MR) is 72.0 cm³/mol. The molecule has 0 aliphatic heterocycles. The summed E-state index contributed by atoms with van der Waals surface area (Å²) in [6.45, 7) is 2.40. The van der Waals surface area contributed by atoms with Crippen LogP contribution in [0, 0.1) is 5.92 Å². The normalized spacial score (nSPS) is 17.8. The summed E-state index contributed by atoms with van der Waals surface area (Å²) in [6.07, 6.45) is 8.37. The molecular formula is C12H22N4O2S. The van der Waals surface area contributed by atoms with Gasteiger partial charge in [-0.1, -0.05) is 32.1 Å². The second kappa shape index (κ2) is 6.00. The Kier molecular flexibility index (Phi) is 4.57. The molecule has 0 amide bonds. The minimum atomic E-state index is -3.78. The number of aromatic nitrogens is 3. The molecule has 0 spiro atoms. The molecule has 108 valence electrons. The first-order valence-corrected chi connectivity index (χ1v) is 8.52. The van der Waals surface area contributed by atoms with Crippen molar-refractivity contribution in [3.8, 4) is 0 Å². The monoisotopic (exact) mass is 286 g/mol. The predicted octanol–water partition coefficient (Wildman–Crippen LogP) is 1.46. The first-order chi connectivity index (χ1) is 9.02. The second-order valence-corrected chi connectivity index (χ2v) is 6.69. The molecule has 7 heteroatoms. The van der Waals surface area contributed by atoms with E-state index in [-0.39, 0.29) is 5.16 Å². The van der Waals surface area contributed by atoms with Crippen LogP contribution in [0.25, 0.3) is 0 Å². The fourth-order valence-electron chi connectivity index (χ4n) is 2.84. The number of sulfonamides is 1. The quantitative estimate of drug-likeness (QED) is 0.887. The smallest absolute Gasteiger partial charge is 0.273 e. The van der Waals surface area contributed by atoms with Crippen LogP contribution in [-0.2, 0) is 23.0 Å². The Morgan fingerprint density at radius 3 is 2.53 bits per heavy atom. The van der Waals surface area contributed by atoms with Crippen LogP contribution in [0.3, 0.4) is 0 Å². The van der Waals surface area contributed by atoms with Crippen molar-refractivity contribution >= 4 is 10.0 Å². The molecule has 0 saturated heterocycles. The number of primary sulfonamides is 1. The third-order valence-corrected chi connectivity index (χ3v) is 4.68. The molecule has 6 nitrogen and oxygen atoms in total.